The number of carboxylic acids is 1. The molecule has 1 aromatic carbocycles. The van der Waals surface area contributed by atoms with Crippen molar-refractivity contribution in [1.29, 1.82) is 0 Å². The van der Waals surface area contributed by atoms with E-state index in [2.05, 4.69) is 4.98 Å². The molecule has 0 unspecified atom stereocenters. The predicted octanol–water partition coefficient (Wildman–Crippen LogP) is 0.180. The zero-order valence-electron chi connectivity index (χ0n) is 7.23. The minimum absolute atomic E-state index is 0.143. The van der Waals surface area contributed by atoms with Gasteiger partial charge in [0.1, 0.15) is 5.82 Å². The van der Waals surface area contributed by atoms with Crippen molar-refractivity contribution in [1.82, 2.24) is 4.98 Å². The highest BCUT2D eigenvalue weighted by Crippen LogP contribution is 2.15. The van der Waals surface area contributed by atoms with E-state index in [1.54, 1.807) is 18.2 Å². The van der Waals surface area contributed by atoms with Crippen molar-refractivity contribution in [3.63, 3.8) is 0 Å². The van der Waals surface area contributed by atoms with Gasteiger partial charge in [0.25, 0.3) is 0 Å². The molecule has 4 heteroatoms. The molecule has 0 atom stereocenters. The van der Waals surface area contributed by atoms with E-state index in [-0.39, 0.29) is 5.56 Å². The van der Waals surface area contributed by atoms with Crippen molar-refractivity contribution in [2.45, 2.75) is 0 Å². The molecule has 0 radical (unpaired) electrons. The van der Waals surface area contributed by atoms with Crippen LogP contribution in [-0.2, 0) is 0 Å². The number of carbonyl (C=O) groups is 1. The average Bonchev–Trinajstić information content (AvgIpc) is 2.16. The van der Waals surface area contributed by atoms with Gasteiger partial charge in [-0.25, -0.2) is 4.98 Å². The van der Waals surface area contributed by atoms with E-state index < -0.39 is 5.97 Å². The first-order chi connectivity index (χ1) is 6.66. The molecule has 70 valence electrons. The first kappa shape index (κ1) is 8.50. The molecule has 0 amide bonds. The van der Waals surface area contributed by atoms with Crippen LogP contribution in [0.2, 0.25) is 0 Å². The molecule has 2 N–H and O–H groups in total. The maximum atomic E-state index is 10.6. The lowest BCUT2D eigenvalue weighted by molar-refractivity contribution is -0.255. The smallest absolute Gasteiger partial charge is 0.124 e. The van der Waals surface area contributed by atoms with Gasteiger partial charge in [0.2, 0.25) is 0 Å². The fourth-order valence-corrected chi connectivity index (χ4v) is 1.27. The molecule has 0 aliphatic carbocycles. The Morgan fingerprint density at radius 3 is 2.79 bits per heavy atom. The topological polar surface area (TPSA) is 79.0 Å². The first-order valence-electron chi connectivity index (χ1n) is 4.04. The molecular weight excluding hydrogens is 180 g/mol. The standard InChI is InChI=1S/C10H8N2O2/c11-9-4-2-6-5-7(10(13)14)1-3-8(6)12-9/h1-5H,(H2,11,12)(H,13,14)/p-1. The summed E-state index contributed by atoms with van der Waals surface area (Å²) in [5.41, 5.74) is 6.30. The number of pyridine rings is 1. The summed E-state index contributed by atoms with van der Waals surface area (Å²) in [6, 6.07) is 7.92. The highest BCUT2D eigenvalue weighted by Gasteiger charge is 1.98. The zero-order chi connectivity index (χ0) is 10.1. The molecule has 0 saturated heterocycles. The van der Waals surface area contributed by atoms with Crippen LogP contribution < -0.4 is 10.8 Å². The molecule has 1 aromatic heterocycles. The molecule has 2 rings (SSSR count). The third-order valence-corrected chi connectivity index (χ3v) is 1.95. The number of nitrogens with two attached hydrogens (primary N) is 1. The summed E-state index contributed by atoms with van der Waals surface area (Å²) < 4.78 is 0. The number of aromatic nitrogens is 1. The second kappa shape index (κ2) is 2.99. The molecule has 0 aliphatic heterocycles. The van der Waals surface area contributed by atoms with Crippen molar-refractivity contribution in [3.05, 3.63) is 35.9 Å². The molecule has 2 aromatic rings. The van der Waals surface area contributed by atoms with E-state index in [1.165, 1.54) is 12.1 Å². The Labute approximate surface area is 80.0 Å². The van der Waals surface area contributed by atoms with Gasteiger partial charge in [-0.05, 0) is 29.8 Å². The zero-order valence-corrected chi connectivity index (χ0v) is 7.23. The number of rotatable bonds is 1. The van der Waals surface area contributed by atoms with Crippen LogP contribution >= 0.6 is 0 Å². The van der Waals surface area contributed by atoms with Gasteiger partial charge in [0, 0.05) is 5.39 Å². The number of hydrogen-bond donors (Lipinski definition) is 1. The molecule has 0 aliphatic rings. The Balaban J connectivity index is 2.67. The number of fused-ring (bicyclic) bond motifs is 1. The number of nitrogens with zero attached hydrogens (tertiary/aromatic N) is 1. The van der Waals surface area contributed by atoms with Crippen LogP contribution in [-0.4, -0.2) is 11.0 Å². The first-order valence-corrected chi connectivity index (χ1v) is 4.04. The number of carbonyl (C=O) groups excluding carboxylic acids is 1. The van der Waals surface area contributed by atoms with Crippen molar-refractivity contribution in [2.75, 3.05) is 5.73 Å². The highest BCUT2D eigenvalue weighted by atomic mass is 16.4. The molecule has 14 heavy (non-hydrogen) atoms. The Bertz CT molecular complexity index is 508. The molecule has 0 saturated carbocycles. The second-order valence-electron chi connectivity index (χ2n) is 2.93. The normalized spacial score (nSPS) is 10.3. The minimum atomic E-state index is -1.19. The van der Waals surface area contributed by atoms with E-state index >= 15 is 0 Å². The molecular formula is C10H7N2O2-. The van der Waals surface area contributed by atoms with E-state index in [0.29, 0.717) is 11.3 Å². The van der Waals surface area contributed by atoms with Crippen molar-refractivity contribution in [2.24, 2.45) is 0 Å². The van der Waals surface area contributed by atoms with Gasteiger partial charge in [-0.15, -0.1) is 0 Å². The predicted molar refractivity (Wildman–Crippen MR) is 50.5 cm³/mol. The van der Waals surface area contributed by atoms with Crippen LogP contribution in [0.5, 0.6) is 0 Å². The summed E-state index contributed by atoms with van der Waals surface area (Å²) in [5.74, 6) is -0.776. The van der Waals surface area contributed by atoms with Crippen LogP contribution in [0.25, 0.3) is 10.9 Å². The van der Waals surface area contributed by atoms with Crippen molar-refractivity contribution < 1.29 is 9.90 Å². The van der Waals surface area contributed by atoms with E-state index in [9.17, 15) is 9.90 Å². The minimum Gasteiger partial charge on any atom is -0.545 e. The summed E-state index contributed by atoms with van der Waals surface area (Å²) in [4.78, 5) is 14.6. The summed E-state index contributed by atoms with van der Waals surface area (Å²) in [6.45, 7) is 0. The van der Waals surface area contributed by atoms with Gasteiger partial charge < -0.3 is 15.6 Å². The lowest BCUT2D eigenvalue weighted by Crippen LogP contribution is -2.21. The average molecular weight is 187 g/mol. The van der Waals surface area contributed by atoms with Crippen LogP contribution in [0.4, 0.5) is 5.82 Å². The quantitative estimate of drug-likeness (QED) is 0.690. The molecule has 1 heterocycles. The third-order valence-electron chi connectivity index (χ3n) is 1.95. The van der Waals surface area contributed by atoms with E-state index in [4.69, 9.17) is 5.73 Å². The van der Waals surface area contributed by atoms with Gasteiger partial charge in [0.15, 0.2) is 0 Å². The van der Waals surface area contributed by atoms with Crippen LogP contribution in [0, 0.1) is 0 Å². The highest BCUT2D eigenvalue weighted by molar-refractivity contribution is 5.92. The Morgan fingerprint density at radius 2 is 2.07 bits per heavy atom. The SMILES string of the molecule is Nc1ccc2cc(C(=O)[O-])ccc2n1. The van der Waals surface area contributed by atoms with Gasteiger partial charge in [-0.3, -0.25) is 0 Å². The van der Waals surface area contributed by atoms with Gasteiger partial charge >= 0.3 is 0 Å². The maximum Gasteiger partial charge on any atom is 0.124 e. The summed E-state index contributed by atoms with van der Waals surface area (Å²) >= 11 is 0. The molecule has 4 nitrogen and oxygen atoms in total. The number of anilines is 1. The Hall–Kier alpha value is -2.10. The monoisotopic (exact) mass is 187 g/mol. The van der Waals surface area contributed by atoms with Gasteiger partial charge in [-0.1, -0.05) is 6.07 Å². The number of carboxylic acid groups (broad SMARTS) is 1. The van der Waals surface area contributed by atoms with Crippen LogP contribution in [0.15, 0.2) is 30.3 Å². The fraction of sp³-hybridized carbons (Fsp3) is 0. The van der Waals surface area contributed by atoms with Gasteiger partial charge in [0.05, 0.1) is 11.5 Å². The Kier molecular flexibility index (Phi) is 1.81. The summed E-state index contributed by atoms with van der Waals surface area (Å²) in [5, 5.41) is 11.3. The lowest BCUT2D eigenvalue weighted by atomic mass is 10.1. The molecule has 0 fully saturated rings. The van der Waals surface area contributed by atoms with Crippen LogP contribution in [0.1, 0.15) is 10.4 Å². The Morgan fingerprint density at radius 1 is 1.29 bits per heavy atom. The largest absolute Gasteiger partial charge is 0.545 e. The number of aromatic carboxylic acids is 1. The van der Waals surface area contributed by atoms with Gasteiger partial charge in [-0.2, -0.15) is 0 Å². The molecule has 0 bridgehead atoms. The lowest BCUT2D eigenvalue weighted by Gasteiger charge is -2.03. The number of nitrogen functional groups attached to an aromatic ring is 1. The maximum absolute atomic E-state index is 10.6. The summed E-state index contributed by atoms with van der Waals surface area (Å²) in [6.07, 6.45) is 0. The summed E-state index contributed by atoms with van der Waals surface area (Å²) in [7, 11) is 0. The van der Waals surface area contributed by atoms with Crippen LogP contribution in [0.3, 0.4) is 0 Å². The number of hydrogen-bond acceptors (Lipinski definition) is 4. The molecule has 0 spiro atoms. The second-order valence-corrected chi connectivity index (χ2v) is 2.93. The van der Waals surface area contributed by atoms with E-state index in [1.807, 2.05) is 0 Å². The third kappa shape index (κ3) is 1.37. The van der Waals surface area contributed by atoms with Crippen molar-refractivity contribution in [3.8, 4) is 0 Å². The fourth-order valence-electron chi connectivity index (χ4n) is 1.27. The van der Waals surface area contributed by atoms with Crippen molar-refractivity contribution >= 4 is 22.7 Å². The number of benzene rings is 1. The van der Waals surface area contributed by atoms with E-state index in [0.717, 1.165) is 5.39 Å².